The summed E-state index contributed by atoms with van der Waals surface area (Å²) in [5.41, 5.74) is 1.96. The number of amides is 2. The van der Waals surface area contributed by atoms with Crippen LogP contribution >= 0.6 is 0 Å². The van der Waals surface area contributed by atoms with Gasteiger partial charge in [-0.1, -0.05) is 18.2 Å². The number of nitrogens with zero attached hydrogens (tertiary/aromatic N) is 1. The molecule has 2 amide bonds. The molecule has 0 fully saturated rings. The van der Waals surface area contributed by atoms with Gasteiger partial charge in [-0.05, 0) is 55.5 Å². The Morgan fingerprint density at radius 2 is 1.69 bits per heavy atom. The summed E-state index contributed by atoms with van der Waals surface area (Å²) in [6.07, 6.45) is 0. The number of anilines is 1. The Bertz CT molecular complexity index is 1440. The monoisotopic (exact) mass is 449 g/mol. The van der Waals surface area contributed by atoms with Crippen molar-refractivity contribution in [2.24, 2.45) is 0 Å². The van der Waals surface area contributed by atoms with E-state index in [2.05, 4.69) is 10.3 Å². The van der Waals surface area contributed by atoms with Gasteiger partial charge in [0.15, 0.2) is 5.76 Å². The summed E-state index contributed by atoms with van der Waals surface area (Å²) in [5, 5.41) is 3.44. The molecule has 0 bridgehead atoms. The van der Waals surface area contributed by atoms with Crippen LogP contribution in [0.2, 0.25) is 0 Å². The molecule has 0 atom stereocenters. The van der Waals surface area contributed by atoms with Crippen molar-refractivity contribution in [1.29, 1.82) is 0 Å². The average molecular weight is 449 g/mol. The van der Waals surface area contributed by atoms with Gasteiger partial charge in [0, 0.05) is 18.0 Å². The summed E-state index contributed by atoms with van der Waals surface area (Å²) in [4.78, 5) is 28.7. The second-order valence-electron chi connectivity index (χ2n) is 7.12. The summed E-state index contributed by atoms with van der Waals surface area (Å²) in [6.45, 7) is 2.94. The molecule has 4 aromatic rings. The molecular weight excluding hydrogens is 430 g/mol. The zero-order valence-electron chi connectivity index (χ0n) is 17.2. The van der Waals surface area contributed by atoms with Crippen LogP contribution in [0.4, 0.5) is 5.69 Å². The van der Waals surface area contributed by atoms with Gasteiger partial charge in [0.25, 0.3) is 15.9 Å². The van der Waals surface area contributed by atoms with E-state index in [0.29, 0.717) is 33.6 Å². The van der Waals surface area contributed by atoms with E-state index in [1.165, 1.54) is 24.3 Å². The third-order valence-electron chi connectivity index (χ3n) is 4.65. The summed E-state index contributed by atoms with van der Waals surface area (Å²) in [6, 6.07) is 18.1. The minimum Gasteiger partial charge on any atom is -0.460 e. The van der Waals surface area contributed by atoms with E-state index < -0.39 is 15.9 Å². The van der Waals surface area contributed by atoms with Crippen molar-refractivity contribution in [3.8, 4) is 11.5 Å². The van der Waals surface area contributed by atoms with Crippen LogP contribution in [-0.2, 0) is 14.8 Å². The molecule has 0 aliphatic rings. The molecule has 0 aliphatic carbocycles. The highest BCUT2D eigenvalue weighted by molar-refractivity contribution is 7.90. The summed E-state index contributed by atoms with van der Waals surface area (Å²) < 4.78 is 31.7. The molecule has 162 valence electrons. The molecule has 0 radical (unpaired) electrons. The number of sulfonamides is 1. The molecule has 0 aliphatic heterocycles. The molecule has 0 saturated heterocycles. The molecule has 0 spiro atoms. The first kappa shape index (κ1) is 21.3. The zero-order valence-corrected chi connectivity index (χ0v) is 18.1. The number of fused-ring (bicyclic) bond motifs is 1. The smallest absolute Gasteiger partial charge is 0.264 e. The van der Waals surface area contributed by atoms with E-state index in [0.717, 1.165) is 12.7 Å². The van der Waals surface area contributed by atoms with Crippen molar-refractivity contribution in [1.82, 2.24) is 9.71 Å². The van der Waals surface area contributed by atoms with Gasteiger partial charge >= 0.3 is 0 Å². The molecule has 32 heavy (non-hydrogen) atoms. The maximum Gasteiger partial charge on any atom is 0.264 e. The number of carbonyl (C=O) groups is 2. The number of rotatable bonds is 5. The first-order valence-corrected chi connectivity index (χ1v) is 11.1. The number of para-hydroxylation sites is 1. The number of hydrogen-bond acceptors (Lipinski definition) is 6. The Hall–Kier alpha value is -3.98. The minimum absolute atomic E-state index is 0.0875. The lowest BCUT2D eigenvalue weighted by molar-refractivity contribution is -0.117. The van der Waals surface area contributed by atoms with Crippen LogP contribution in [0, 0.1) is 6.92 Å². The Morgan fingerprint density at radius 3 is 2.34 bits per heavy atom. The Kier molecular flexibility index (Phi) is 5.50. The van der Waals surface area contributed by atoms with E-state index >= 15 is 0 Å². The number of benzene rings is 2. The number of furan rings is 1. The van der Waals surface area contributed by atoms with Gasteiger partial charge in [0.2, 0.25) is 5.91 Å². The van der Waals surface area contributed by atoms with Crippen LogP contribution in [0.15, 0.2) is 76.0 Å². The molecule has 9 heteroatoms. The maximum absolute atomic E-state index is 13.1. The molecule has 0 saturated carbocycles. The Labute approximate surface area is 184 Å². The number of aryl methyl sites for hydroxylation is 1. The van der Waals surface area contributed by atoms with Crippen LogP contribution < -0.4 is 10.0 Å². The van der Waals surface area contributed by atoms with Crippen molar-refractivity contribution in [2.75, 3.05) is 5.32 Å². The van der Waals surface area contributed by atoms with Gasteiger partial charge in [-0.2, -0.15) is 0 Å². The van der Waals surface area contributed by atoms with Crippen LogP contribution in [0.25, 0.3) is 22.4 Å². The van der Waals surface area contributed by atoms with E-state index in [1.54, 1.807) is 18.2 Å². The van der Waals surface area contributed by atoms with Gasteiger partial charge in [0.05, 0.1) is 16.0 Å². The second-order valence-corrected chi connectivity index (χ2v) is 8.81. The second kappa shape index (κ2) is 8.27. The van der Waals surface area contributed by atoms with E-state index in [1.807, 2.05) is 35.9 Å². The van der Waals surface area contributed by atoms with Crippen molar-refractivity contribution in [2.45, 2.75) is 18.7 Å². The van der Waals surface area contributed by atoms with Gasteiger partial charge in [-0.15, -0.1) is 0 Å². The fraction of sp³-hybridized carbons (Fsp3) is 0.0870. The number of aromatic nitrogens is 1. The molecule has 2 aromatic heterocycles. The largest absolute Gasteiger partial charge is 0.460 e. The first-order valence-electron chi connectivity index (χ1n) is 9.64. The molecule has 8 nitrogen and oxygen atoms in total. The molecule has 2 N–H and O–H groups in total. The fourth-order valence-corrected chi connectivity index (χ4v) is 4.22. The number of hydrogen-bond donors (Lipinski definition) is 2. The number of carbonyl (C=O) groups excluding carboxylic acids is 2. The van der Waals surface area contributed by atoms with Gasteiger partial charge in [-0.3, -0.25) is 9.59 Å². The fourth-order valence-electron chi connectivity index (χ4n) is 3.23. The van der Waals surface area contributed by atoms with Crippen LogP contribution in [0.5, 0.6) is 0 Å². The van der Waals surface area contributed by atoms with Crippen LogP contribution in [0.1, 0.15) is 23.0 Å². The van der Waals surface area contributed by atoms with Crippen LogP contribution in [0.3, 0.4) is 0 Å². The number of pyridine rings is 1. The highest BCUT2D eigenvalue weighted by atomic mass is 32.2. The van der Waals surface area contributed by atoms with Gasteiger partial charge < -0.3 is 9.73 Å². The molecular formula is C23H19N3O5S. The highest BCUT2D eigenvalue weighted by Gasteiger charge is 2.17. The summed E-state index contributed by atoms with van der Waals surface area (Å²) in [7, 11) is -3.95. The first-order chi connectivity index (χ1) is 15.2. The average Bonchev–Trinajstić information content (AvgIpc) is 3.19. The normalized spacial score (nSPS) is 11.3. The number of nitrogens with one attached hydrogen (secondary N) is 2. The summed E-state index contributed by atoms with van der Waals surface area (Å²) >= 11 is 0. The predicted octanol–water partition coefficient (Wildman–Crippen LogP) is 3.88. The van der Waals surface area contributed by atoms with E-state index in [9.17, 15) is 18.0 Å². The minimum atomic E-state index is -3.95. The molecule has 2 aromatic carbocycles. The third kappa shape index (κ3) is 4.37. The van der Waals surface area contributed by atoms with E-state index in [4.69, 9.17) is 4.42 Å². The highest BCUT2D eigenvalue weighted by Crippen LogP contribution is 2.27. The molecule has 4 rings (SSSR count). The van der Waals surface area contributed by atoms with Crippen molar-refractivity contribution in [3.63, 3.8) is 0 Å². The van der Waals surface area contributed by atoms with Crippen molar-refractivity contribution >= 4 is 38.4 Å². The third-order valence-corrected chi connectivity index (χ3v) is 6.10. The SMILES string of the molecule is CC(=O)NS(=O)(=O)c1ccc(NC(=O)c2cc(-c3ccc(C)o3)nc3ccccc23)cc1. The van der Waals surface area contributed by atoms with E-state index in [-0.39, 0.29) is 10.8 Å². The van der Waals surface area contributed by atoms with Gasteiger partial charge in [0.1, 0.15) is 11.5 Å². The lowest BCUT2D eigenvalue weighted by atomic mass is 10.1. The topological polar surface area (TPSA) is 118 Å². The van der Waals surface area contributed by atoms with Crippen molar-refractivity contribution in [3.05, 3.63) is 78.1 Å². The lowest BCUT2D eigenvalue weighted by Crippen LogP contribution is -2.28. The predicted molar refractivity (Wildman–Crippen MR) is 120 cm³/mol. The Morgan fingerprint density at radius 1 is 0.969 bits per heavy atom. The molecule has 0 unspecified atom stereocenters. The Balaban J connectivity index is 1.66. The summed E-state index contributed by atoms with van der Waals surface area (Å²) in [5.74, 6) is 0.213. The van der Waals surface area contributed by atoms with Crippen molar-refractivity contribution < 1.29 is 22.4 Å². The zero-order chi connectivity index (χ0) is 22.9. The molecule has 2 heterocycles. The van der Waals surface area contributed by atoms with Gasteiger partial charge in [-0.25, -0.2) is 18.1 Å². The quantitative estimate of drug-likeness (QED) is 0.477. The lowest BCUT2D eigenvalue weighted by Gasteiger charge is -2.10. The maximum atomic E-state index is 13.1. The van der Waals surface area contributed by atoms with Crippen LogP contribution in [-0.4, -0.2) is 25.2 Å². The standard InChI is InChI=1S/C23H19N3O5S/c1-14-7-12-22(31-14)21-13-19(18-5-3-4-6-20(18)25-21)23(28)24-16-8-10-17(11-9-16)32(29,30)26-15(2)27/h3-13H,1-2H3,(H,24,28)(H,26,27).